The number of benzene rings is 6. The Morgan fingerprint density at radius 3 is 1.86 bits per heavy atom. The predicted octanol–water partition coefficient (Wildman–Crippen LogP) is 13.7. The fourth-order valence-corrected chi connectivity index (χ4v) is 8.45. The van der Waals surface area contributed by atoms with Crippen LogP contribution < -0.4 is 9.42 Å². The van der Waals surface area contributed by atoms with E-state index in [1.807, 2.05) is 39.7 Å². The second kappa shape index (κ2) is 17.0. The maximum Gasteiger partial charge on any atom is 0.271 e. The van der Waals surface area contributed by atoms with E-state index in [2.05, 4.69) is 214 Å². The zero-order chi connectivity index (χ0) is 45.2. The number of rotatable bonds is 8. The van der Waals surface area contributed by atoms with Gasteiger partial charge >= 0.3 is 0 Å². The summed E-state index contributed by atoms with van der Waals surface area (Å²) in [5.74, 6) is 2.77. The van der Waals surface area contributed by atoms with E-state index in [1.54, 1.807) is 0 Å². The fraction of sp³-hybridized carbons (Fsp3) is 0.259. The largest absolute Gasteiger partial charge is 0.510 e. The number of hydrogen-bond donors (Lipinski definition) is 0. The third kappa shape index (κ3) is 8.86. The molecule has 0 atom stereocenters. The van der Waals surface area contributed by atoms with E-state index in [9.17, 15) is 0 Å². The van der Waals surface area contributed by atoms with Gasteiger partial charge < -0.3 is 13.9 Å². The SMILES string of the molecule is CC(C)(C)c1cc(-[n+]2[c-]n(-c3[c-]c(Oc4[c-]c5c(c(-c6ccccc6)c4)c4ccccc4n5-c4cc(C(C)(C)C)ccn4)ccc3)c(C(C)(C)c3ccccc3)n2)cc(C(C)(C)C)c1.[Pt]. The van der Waals surface area contributed by atoms with E-state index in [-0.39, 0.29) is 37.3 Å². The number of aromatic nitrogens is 5. The average Bonchev–Trinajstić information content (AvgIpc) is 3.87. The van der Waals surface area contributed by atoms with Gasteiger partial charge in [0.15, 0.2) is 5.82 Å². The predicted molar refractivity (Wildman–Crippen MR) is 260 cm³/mol. The Hall–Kier alpha value is -6.10. The summed E-state index contributed by atoms with van der Waals surface area (Å²) in [5.41, 5.74) is 9.93. The van der Waals surface area contributed by atoms with Crippen LogP contribution in [0.5, 0.6) is 11.5 Å². The van der Waals surface area contributed by atoms with Gasteiger partial charge in [-0.15, -0.1) is 34.9 Å². The maximum atomic E-state index is 6.88. The molecule has 9 aromatic rings. The first kappa shape index (κ1) is 45.5. The molecule has 0 bridgehead atoms. The third-order valence-electron chi connectivity index (χ3n) is 12.4. The van der Waals surface area contributed by atoms with Crippen molar-refractivity contribution < 1.29 is 30.5 Å². The van der Waals surface area contributed by atoms with Gasteiger partial charge in [-0.05, 0) is 67.6 Å². The van der Waals surface area contributed by atoms with Gasteiger partial charge in [-0.2, -0.15) is 16.8 Å². The molecule has 0 saturated heterocycles. The molecule has 0 aliphatic heterocycles. The Kier molecular flexibility index (Phi) is 11.9. The van der Waals surface area contributed by atoms with Gasteiger partial charge in [-0.3, -0.25) is 0 Å². The summed E-state index contributed by atoms with van der Waals surface area (Å²) in [6.45, 7) is 24.7. The fourth-order valence-electron chi connectivity index (χ4n) is 8.45. The Balaban J connectivity index is 0.00000576. The zero-order valence-corrected chi connectivity index (χ0v) is 41.6. The number of fused-ring (bicyclic) bond motifs is 3. The number of hydrogen-bond acceptors (Lipinski definition) is 3. The van der Waals surface area contributed by atoms with E-state index >= 15 is 0 Å². The van der Waals surface area contributed by atoms with Crippen molar-refractivity contribution in [2.45, 2.75) is 97.8 Å². The Morgan fingerprint density at radius 1 is 0.569 bits per heavy atom. The Bertz CT molecular complexity index is 3130. The van der Waals surface area contributed by atoms with Crippen molar-refractivity contribution in [1.82, 2.24) is 19.2 Å². The summed E-state index contributed by atoms with van der Waals surface area (Å²) in [4.78, 5) is 4.95. The van der Waals surface area contributed by atoms with Gasteiger partial charge in [0.1, 0.15) is 5.82 Å². The minimum absolute atomic E-state index is 0. The minimum atomic E-state index is -0.503. The molecule has 0 aliphatic carbocycles. The number of para-hydroxylation sites is 1. The molecule has 0 unspecified atom stereocenters. The van der Waals surface area contributed by atoms with Gasteiger partial charge in [0, 0.05) is 49.7 Å². The molecule has 3 aromatic heterocycles. The van der Waals surface area contributed by atoms with Crippen LogP contribution in [0.4, 0.5) is 0 Å². The summed E-state index contributed by atoms with van der Waals surface area (Å²) >= 11 is 0. The second-order valence-electron chi connectivity index (χ2n) is 20.6. The minimum Gasteiger partial charge on any atom is -0.510 e. The van der Waals surface area contributed by atoms with E-state index in [0.717, 1.165) is 61.5 Å². The molecule has 3 heterocycles. The van der Waals surface area contributed by atoms with Gasteiger partial charge in [0.05, 0.1) is 5.69 Å². The van der Waals surface area contributed by atoms with Crippen LogP contribution in [-0.4, -0.2) is 19.2 Å². The monoisotopic (exact) mass is 1030 g/mol. The van der Waals surface area contributed by atoms with Gasteiger partial charge in [-0.25, -0.2) is 4.98 Å². The van der Waals surface area contributed by atoms with Crippen LogP contribution in [-0.2, 0) is 42.7 Å². The normalized spacial score (nSPS) is 12.4. The van der Waals surface area contributed by atoms with E-state index in [1.165, 1.54) is 16.7 Å². The molecule has 7 heteroatoms. The van der Waals surface area contributed by atoms with Crippen molar-refractivity contribution in [1.29, 1.82) is 0 Å². The molecule has 0 radical (unpaired) electrons. The Morgan fingerprint density at radius 2 is 1.20 bits per heavy atom. The number of nitrogens with zero attached hydrogens (tertiary/aromatic N) is 5. The first-order valence-corrected chi connectivity index (χ1v) is 22.3. The van der Waals surface area contributed by atoms with Crippen molar-refractivity contribution in [3.63, 3.8) is 0 Å². The van der Waals surface area contributed by atoms with Crippen LogP contribution in [0.2, 0.25) is 0 Å². The van der Waals surface area contributed by atoms with E-state index in [0.29, 0.717) is 11.5 Å². The van der Waals surface area contributed by atoms with Crippen molar-refractivity contribution >= 4 is 21.8 Å². The summed E-state index contributed by atoms with van der Waals surface area (Å²) in [6, 6.07) is 56.1. The Labute approximate surface area is 399 Å². The molecule has 9 rings (SSSR count). The van der Waals surface area contributed by atoms with Crippen molar-refractivity contribution in [2.24, 2.45) is 0 Å². The van der Waals surface area contributed by atoms with Crippen molar-refractivity contribution in [2.75, 3.05) is 0 Å². The summed E-state index contributed by atoms with van der Waals surface area (Å²) in [6.07, 6.45) is 5.57. The molecule has 0 spiro atoms. The van der Waals surface area contributed by atoms with Crippen LogP contribution in [0, 0.1) is 18.5 Å². The third-order valence-corrected chi connectivity index (χ3v) is 12.4. The van der Waals surface area contributed by atoms with Crippen LogP contribution in [0.15, 0.2) is 146 Å². The molecule has 0 saturated carbocycles. The smallest absolute Gasteiger partial charge is 0.271 e. The van der Waals surface area contributed by atoms with E-state index < -0.39 is 5.41 Å². The molecule has 0 N–H and O–H groups in total. The second-order valence-corrected chi connectivity index (χ2v) is 20.6. The molecule has 0 aliphatic rings. The molecule has 0 fully saturated rings. The molecule has 6 nitrogen and oxygen atoms in total. The first-order chi connectivity index (χ1) is 30.4. The molecule has 65 heavy (non-hydrogen) atoms. The molecule has 0 amide bonds. The van der Waals surface area contributed by atoms with Crippen LogP contribution in [0.25, 0.3) is 50.1 Å². The van der Waals surface area contributed by atoms with Crippen LogP contribution >= 0.6 is 0 Å². The van der Waals surface area contributed by atoms with Crippen LogP contribution in [0.1, 0.15) is 104 Å². The quantitative estimate of drug-likeness (QED) is 0.113. The number of ether oxygens (including phenoxy) is 1. The average molecular weight is 1040 g/mol. The number of pyridine rings is 1. The molecule has 332 valence electrons. The summed E-state index contributed by atoms with van der Waals surface area (Å²) in [5, 5.41) is 7.58. The molecular formula is C58H57N5OPt-2. The van der Waals surface area contributed by atoms with Gasteiger partial charge in [0.2, 0.25) is 0 Å². The van der Waals surface area contributed by atoms with Crippen molar-refractivity contribution in [3.8, 4) is 39.8 Å². The summed E-state index contributed by atoms with van der Waals surface area (Å²) < 4.78 is 13.0. The standard InChI is InChI=1S/C58H57N5O.Pt/c1-55(2,3)41-29-30-59-52(34-41)63-50-28-19-18-27-48(50)53-49(39-21-14-12-15-22-39)36-47(37-51(53)63)64-46-26-20-25-44(35-46)61-38-62(60-54(61)58(10,11)40-23-16-13-17-24-40)45-32-42(56(4,5)6)31-43(33-45)57(7,8)9;/h12-34,36H,1-11H3;/q-2;. The topological polar surface area (TPSA) is 48.8 Å². The van der Waals surface area contributed by atoms with Crippen LogP contribution in [0.3, 0.4) is 0 Å². The zero-order valence-electron chi connectivity index (χ0n) is 39.3. The van der Waals surface area contributed by atoms with Gasteiger partial charge in [-0.1, -0.05) is 190 Å². The van der Waals surface area contributed by atoms with E-state index in [4.69, 9.17) is 14.8 Å². The molecule has 6 aromatic carbocycles. The van der Waals surface area contributed by atoms with Crippen molar-refractivity contribution in [3.05, 3.63) is 192 Å². The maximum absolute atomic E-state index is 6.88. The van der Waals surface area contributed by atoms with Gasteiger partial charge in [0.25, 0.3) is 6.33 Å². The molecular weight excluding hydrogens is 978 g/mol. The first-order valence-electron chi connectivity index (χ1n) is 22.3. The summed E-state index contributed by atoms with van der Waals surface area (Å²) in [7, 11) is 0.